The van der Waals surface area contributed by atoms with Gasteiger partial charge in [-0.2, -0.15) is 0 Å². The molecule has 0 aliphatic carbocycles. The zero-order valence-electron chi connectivity index (χ0n) is 9.54. The second-order valence-corrected chi connectivity index (χ2v) is 5.00. The second-order valence-electron chi connectivity index (χ2n) is 4.43. The molecule has 84 valence electrons. The van der Waals surface area contributed by atoms with E-state index >= 15 is 0 Å². The summed E-state index contributed by atoms with van der Waals surface area (Å²) in [6, 6.07) is 0. The molecule has 1 heterocycles. The number of hydrogen-bond acceptors (Lipinski definition) is 3. The van der Waals surface area contributed by atoms with Gasteiger partial charge in [-0.15, -0.1) is 0 Å². The first-order valence-electron chi connectivity index (χ1n) is 5.38. The summed E-state index contributed by atoms with van der Waals surface area (Å²) in [5, 5.41) is 0. The Morgan fingerprint density at radius 1 is 1.50 bits per heavy atom. The average molecular weight is 218 g/mol. The molecule has 1 aliphatic rings. The fraction of sp³-hybridized carbons (Fsp3) is 1.00. The van der Waals surface area contributed by atoms with E-state index < -0.39 is 0 Å². The third kappa shape index (κ3) is 3.69. The van der Waals surface area contributed by atoms with Crippen LogP contribution in [0, 0.1) is 5.41 Å². The van der Waals surface area contributed by atoms with E-state index in [1.165, 1.54) is 0 Å². The minimum Gasteiger partial charge on any atom is -0.428 e. The van der Waals surface area contributed by atoms with Gasteiger partial charge in [-0.25, -0.2) is 0 Å². The highest BCUT2D eigenvalue weighted by molar-refractivity contribution is 5.97. The van der Waals surface area contributed by atoms with Gasteiger partial charge in [0.15, 0.2) is 0 Å². The number of rotatable bonds is 7. The van der Waals surface area contributed by atoms with E-state index in [0.29, 0.717) is 6.10 Å². The molecular formula is C10H22O3Si. The van der Waals surface area contributed by atoms with E-state index in [4.69, 9.17) is 13.9 Å². The highest BCUT2D eigenvalue weighted by Crippen LogP contribution is 2.27. The summed E-state index contributed by atoms with van der Waals surface area (Å²) in [6.07, 6.45) is 2.46. The fourth-order valence-electron chi connectivity index (χ4n) is 1.51. The van der Waals surface area contributed by atoms with Crippen molar-refractivity contribution < 1.29 is 13.9 Å². The third-order valence-corrected chi connectivity index (χ3v) is 3.08. The van der Waals surface area contributed by atoms with Gasteiger partial charge < -0.3 is 13.9 Å². The zero-order valence-corrected chi connectivity index (χ0v) is 11.5. The molecule has 3 nitrogen and oxygen atoms in total. The lowest BCUT2D eigenvalue weighted by molar-refractivity contribution is -0.150. The lowest BCUT2D eigenvalue weighted by Crippen LogP contribution is -2.44. The maximum Gasteiger partial charge on any atom is 0.145 e. The van der Waals surface area contributed by atoms with Crippen LogP contribution >= 0.6 is 0 Å². The Balaban J connectivity index is 2.13. The fourth-order valence-corrected chi connectivity index (χ4v) is 1.74. The van der Waals surface area contributed by atoms with Gasteiger partial charge >= 0.3 is 0 Å². The molecule has 0 aromatic carbocycles. The Morgan fingerprint density at radius 3 is 2.64 bits per heavy atom. The molecule has 0 spiro atoms. The van der Waals surface area contributed by atoms with Crippen LogP contribution in [0.25, 0.3) is 0 Å². The SMILES string of the molecule is CCC(CCO[SiH3])OCC1(C)COC1. The van der Waals surface area contributed by atoms with Crippen LogP contribution in [-0.4, -0.2) is 43.0 Å². The average Bonchev–Trinajstić information content (AvgIpc) is 2.15. The van der Waals surface area contributed by atoms with Crippen molar-refractivity contribution in [3.8, 4) is 0 Å². The Labute approximate surface area is 89.7 Å². The van der Waals surface area contributed by atoms with Gasteiger partial charge in [0, 0.05) is 12.0 Å². The Hall–Kier alpha value is 0.0969. The first-order chi connectivity index (χ1) is 6.70. The van der Waals surface area contributed by atoms with Gasteiger partial charge in [0.25, 0.3) is 0 Å². The summed E-state index contributed by atoms with van der Waals surface area (Å²) < 4.78 is 16.2. The van der Waals surface area contributed by atoms with Crippen molar-refractivity contribution in [1.29, 1.82) is 0 Å². The van der Waals surface area contributed by atoms with Crippen molar-refractivity contribution in [2.24, 2.45) is 5.41 Å². The van der Waals surface area contributed by atoms with Crippen molar-refractivity contribution in [2.45, 2.75) is 32.8 Å². The summed E-state index contributed by atoms with van der Waals surface area (Å²) in [5.74, 6) is 0. The quantitative estimate of drug-likeness (QED) is 0.583. The molecule has 0 amide bonds. The summed E-state index contributed by atoms with van der Waals surface area (Å²) in [4.78, 5) is 0. The molecule has 0 radical (unpaired) electrons. The van der Waals surface area contributed by atoms with Gasteiger partial charge in [-0.3, -0.25) is 0 Å². The molecule has 0 bridgehead atoms. The van der Waals surface area contributed by atoms with Gasteiger partial charge in [-0.05, 0) is 12.8 Å². The topological polar surface area (TPSA) is 27.7 Å². The number of ether oxygens (including phenoxy) is 2. The standard InChI is InChI=1S/C10H22O3Si/c1-3-9(4-5-13-14)12-8-10(2)6-11-7-10/h9H,3-8H2,1-2,14H3. The zero-order chi connectivity index (χ0) is 10.4. The van der Waals surface area contributed by atoms with Crippen LogP contribution in [0.2, 0.25) is 0 Å². The molecule has 0 aromatic heterocycles. The molecule has 1 unspecified atom stereocenters. The van der Waals surface area contributed by atoms with Crippen LogP contribution in [-0.2, 0) is 13.9 Å². The molecule has 4 heteroatoms. The van der Waals surface area contributed by atoms with Gasteiger partial charge in [0.1, 0.15) is 10.5 Å². The molecule has 1 atom stereocenters. The van der Waals surface area contributed by atoms with Crippen LogP contribution in [0.1, 0.15) is 26.7 Å². The predicted octanol–water partition coefficient (Wildman–Crippen LogP) is 0.505. The van der Waals surface area contributed by atoms with Gasteiger partial charge in [0.2, 0.25) is 0 Å². The first-order valence-corrected chi connectivity index (χ1v) is 6.20. The summed E-state index contributed by atoms with van der Waals surface area (Å²) in [5.41, 5.74) is 0.273. The van der Waals surface area contributed by atoms with Crippen LogP contribution in [0.15, 0.2) is 0 Å². The lowest BCUT2D eigenvalue weighted by atomic mass is 9.90. The molecule has 14 heavy (non-hydrogen) atoms. The van der Waals surface area contributed by atoms with E-state index in [1.54, 1.807) is 0 Å². The maximum absolute atomic E-state index is 5.86. The summed E-state index contributed by atoms with van der Waals surface area (Å²) in [7, 11) is 0.828. The van der Waals surface area contributed by atoms with Gasteiger partial charge in [-0.1, -0.05) is 13.8 Å². The van der Waals surface area contributed by atoms with Crippen molar-refractivity contribution in [3.63, 3.8) is 0 Å². The molecular weight excluding hydrogens is 196 g/mol. The van der Waals surface area contributed by atoms with Crippen molar-refractivity contribution in [2.75, 3.05) is 26.4 Å². The Kier molecular flexibility index (Phi) is 5.09. The molecule has 1 rings (SSSR count). The normalized spacial score (nSPS) is 21.9. The van der Waals surface area contributed by atoms with Crippen LogP contribution in [0.3, 0.4) is 0 Å². The highest BCUT2D eigenvalue weighted by Gasteiger charge is 2.34. The largest absolute Gasteiger partial charge is 0.428 e. The molecule has 0 N–H and O–H groups in total. The van der Waals surface area contributed by atoms with Crippen LogP contribution in [0.4, 0.5) is 0 Å². The summed E-state index contributed by atoms with van der Waals surface area (Å²) in [6.45, 7) is 7.75. The molecule has 0 aromatic rings. The molecule has 1 saturated heterocycles. The van der Waals surface area contributed by atoms with E-state index in [-0.39, 0.29) is 5.41 Å². The summed E-state index contributed by atoms with van der Waals surface area (Å²) >= 11 is 0. The van der Waals surface area contributed by atoms with Crippen LogP contribution < -0.4 is 0 Å². The highest BCUT2D eigenvalue weighted by atomic mass is 28.2. The van der Waals surface area contributed by atoms with E-state index in [1.807, 2.05) is 0 Å². The van der Waals surface area contributed by atoms with E-state index in [9.17, 15) is 0 Å². The van der Waals surface area contributed by atoms with Crippen molar-refractivity contribution >= 4 is 10.5 Å². The van der Waals surface area contributed by atoms with E-state index in [0.717, 1.165) is 49.8 Å². The maximum atomic E-state index is 5.86. The smallest absolute Gasteiger partial charge is 0.145 e. The minimum absolute atomic E-state index is 0.273. The minimum atomic E-state index is 0.273. The molecule has 1 fully saturated rings. The van der Waals surface area contributed by atoms with Gasteiger partial charge in [0.05, 0.1) is 25.9 Å². The Bertz CT molecular complexity index is 159. The molecule has 0 saturated carbocycles. The van der Waals surface area contributed by atoms with Crippen molar-refractivity contribution in [1.82, 2.24) is 0 Å². The van der Waals surface area contributed by atoms with Crippen LogP contribution in [0.5, 0.6) is 0 Å². The first kappa shape index (κ1) is 12.2. The second kappa shape index (κ2) is 5.85. The van der Waals surface area contributed by atoms with E-state index in [2.05, 4.69) is 13.8 Å². The van der Waals surface area contributed by atoms with Crippen molar-refractivity contribution in [3.05, 3.63) is 0 Å². The predicted molar refractivity (Wildman–Crippen MR) is 59.5 cm³/mol. The number of hydrogen-bond donors (Lipinski definition) is 0. The Morgan fingerprint density at radius 2 is 2.21 bits per heavy atom. The lowest BCUT2D eigenvalue weighted by Gasteiger charge is -2.38. The third-order valence-electron chi connectivity index (χ3n) is 2.67. The monoisotopic (exact) mass is 218 g/mol. The molecule has 1 aliphatic heterocycles.